The Morgan fingerprint density at radius 2 is 1.96 bits per heavy atom. The largest absolute Gasteiger partial charge is 0.336 e. The van der Waals surface area contributed by atoms with Crippen molar-refractivity contribution < 1.29 is 4.79 Å². The van der Waals surface area contributed by atoms with Gasteiger partial charge in [-0.25, -0.2) is 0 Å². The van der Waals surface area contributed by atoms with Gasteiger partial charge < -0.3 is 10.2 Å². The summed E-state index contributed by atoms with van der Waals surface area (Å²) in [6, 6.07) is 7.60. The summed E-state index contributed by atoms with van der Waals surface area (Å²) in [5.74, 6) is 0.618. The molecule has 2 aliphatic rings. The average molecular weight is 352 g/mol. The fourth-order valence-electron chi connectivity index (χ4n) is 3.02. The van der Waals surface area contributed by atoms with Gasteiger partial charge in [-0.1, -0.05) is 11.6 Å². The lowest BCUT2D eigenvalue weighted by Crippen LogP contribution is -2.46. The number of fused-ring (bicyclic) bond motifs is 1. The van der Waals surface area contributed by atoms with Gasteiger partial charge in [0.05, 0.1) is 11.1 Å². The van der Waals surface area contributed by atoms with Crippen LogP contribution in [0.5, 0.6) is 0 Å². The Hall–Kier alpha value is -1.36. The van der Waals surface area contributed by atoms with Gasteiger partial charge in [-0.2, -0.15) is 0 Å². The lowest BCUT2D eigenvalue weighted by molar-refractivity contribution is 0.0737. The molecule has 1 saturated carbocycles. The molecule has 6 heteroatoms. The maximum Gasteiger partial charge on any atom is 0.254 e. The highest BCUT2D eigenvalue weighted by molar-refractivity contribution is 6.31. The van der Waals surface area contributed by atoms with E-state index in [4.69, 9.17) is 16.6 Å². The molecule has 0 spiro atoms. The second-order valence-electron chi connectivity index (χ2n) is 6.07. The lowest BCUT2D eigenvalue weighted by Gasteiger charge is -2.28. The van der Waals surface area contributed by atoms with Gasteiger partial charge in [-0.05, 0) is 37.1 Å². The zero-order valence-corrected chi connectivity index (χ0v) is 14.3. The number of amides is 1. The van der Waals surface area contributed by atoms with Crippen LogP contribution in [0.1, 0.15) is 34.8 Å². The Morgan fingerprint density at radius 3 is 2.65 bits per heavy atom. The molecule has 1 aliphatic heterocycles. The predicted molar refractivity (Wildman–Crippen MR) is 94.7 cm³/mol. The van der Waals surface area contributed by atoms with E-state index in [2.05, 4.69) is 5.32 Å². The van der Waals surface area contributed by atoms with Crippen molar-refractivity contribution in [1.29, 1.82) is 0 Å². The third-order valence-electron chi connectivity index (χ3n) is 4.42. The van der Waals surface area contributed by atoms with Crippen LogP contribution in [0.3, 0.4) is 0 Å². The maximum atomic E-state index is 12.9. The first kappa shape index (κ1) is 16.5. The van der Waals surface area contributed by atoms with E-state index in [1.165, 1.54) is 12.8 Å². The number of nitrogens with one attached hydrogen (secondary N) is 1. The van der Waals surface area contributed by atoms with Crippen LogP contribution in [0.15, 0.2) is 24.3 Å². The number of piperazine rings is 1. The van der Waals surface area contributed by atoms with Crippen molar-refractivity contribution >= 4 is 40.8 Å². The minimum atomic E-state index is 0. The summed E-state index contributed by atoms with van der Waals surface area (Å²) >= 11 is 6.13. The molecule has 2 fully saturated rings. The number of nitrogens with zero attached hydrogens (tertiary/aromatic N) is 2. The predicted octanol–water partition coefficient (Wildman–Crippen LogP) is 3.23. The number of aromatic nitrogens is 1. The lowest BCUT2D eigenvalue weighted by atomic mass is 10.0. The summed E-state index contributed by atoms with van der Waals surface area (Å²) in [6.07, 6.45) is 2.35. The van der Waals surface area contributed by atoms with Gasteiger partial charge in [0.2, 0.25) is 0 Å². The topological polar surface area (TPSA) is 45.2 Å². The van der Waals surface area contributed by atoms with Crippen LogP contribution in [0, 0.1) is 0 Å². The monoisotopic (exact) mass is 351 g/mol. The summed E-state index contributed by atoms with van der Waals surface area (Å²) in [5.41, 5.74) is 2.66. The Morgan fingerprint density at radius 1 is 1.22 bits per heavy atom. The molecular formula is C17H19Cl2N3O. The number of pyridine rings is 1. The summed E-state index contributed by atoms with van der Waals surface area (Å²) in [7, 11) is 0. The number of halogens is 2. The van der Waals surface area contributed by atoms with E-state index in [0.29, 0.717) is 10.9 Å². The van der Waals surface area contributed by atoms with Crippen LogP contribution in [0.2, 0.25) is 5.02 Å². The summed E-state index contributed by atoms with van der Waals surface area (Å²) in [5, 5.41) is 4.78. The van der Waals surface area contributed by atoms with Crippen molar-refractivity contribution in [3.63, 3.8) is 0 Å². The van der Waals surface area contributed by atoms with Gasteiger partial charge in [0.1, 0.15) is 0 Å². The highest BCUT2D eigenvalue weighted by Gasteiger charge is 2.28. The molecule has 2 aromatic rings. The maximum absolute atomic E-state index is 12.9. The molecular weight excluding hydrogens is 333 g/mol. The molecule has 0 unspecified atom stereocenters. The molecule has 1 saturated heterocycles. The summed E-state index contributed by atoms with van der Waals surface area (Å²) in [4.78, 5) is 19.6. The van der Waals surface area contributed by atoms with E-state index < -0.39 is 0 Å². The highest BCUT2D eigenvalue weighted by atomic mass is 35.5. The molecule has 1 aromatic heterocycles. The van der Waals surface area contributed by atoms with Crippen LogP contribution in [0.4, 0.5) is 0 Å². The highest BCUT2D eigenvalue weighted by Crippen LogP contribution is 2.40. The molecule has 0 bridgehead atoms. The second-order valence-corrected chi connectivity index (χ2v) is 6.51. The van der Waals surface area contributed by atoms with Gasteiger partial charge in [0.25, 0.3) is 5.91 Å². The Kier molecular flexibility index (Phi) is 4.76. The van der Waals surface area contributed by atoms with Gasteiger partial charge in [-0.3, -0.25) is 9.78 Å². The van der Waals surface area contributed by atoms with E-state index in [0.717, 1.165) is 48.3 Å². The quantitative estimate of drug-likeness (QED) is 0.903. The SMILES string of the molecule is Cl.O=C(c1cc(C2CC2)nc2ccc(Cl)cc12)N1CCNCC1. The standard InChI is InChI=1S/C17H18ClN3O.ClH/c18-12-3-4-15-13(9-12)14(10-16(20-15)11-1-2-11)17(22)21-7-5-19-6-8-21;/h3-4,9-11,19H,1-2,5-8H2;1H. The first-order valence-corrected chi connectivity index (χ1v) is 8.20. The zero-order chi connectivity index (χ0) is 15.1. The molecule has 23 heavy (non-hydrogen) atoms. The molecule has 1 amide bonds. The van der Waals surface area contributed by atoms with Crippen LogP contribution >= 0.6 is 24.0 Å². The smallest absolute Gasteiger partial charge is 0.254 e. The molecule has 2 heterocycles. The average Bonchev–Trinajstić information content (AvgIpc) is 3.39. The van der Waals surface area contributed by atoms with Crippen molar-refractivity contribution in [3.8, 4) is 0 Å². The van der Waals surface area contributed by atoms with Crippen molar-refractivity contribution in [2.45, 2.75) is 18.8 Å². The number of rotatable bonds is 2. The minimum absolute atomic E-state index is 0. The molecule has 122 valence electrons. The Labute approximate surface area is 146 Å². The van der Waals surface area contributed by atoms with Gasteiger partial charge in [0.15, 0.2) is 0 Å². The van der Waals surface area contributed by atoms with Crippen molar-refractivity contribution in [2.75, 3.05) is 26.2 Å². The number of carbonyl (C=O) groups is 1. The van der Waals surface area contributed by atoms with Crippen LogP contribution in [0.25, 0.3) is 10.9 Å². The zero-order valence-electron chi connectivity index (χ0n) is 12.7. The molecule has 0 atom stereocenters. The van der Waals surface area contributed by atoms with Gasteiger partial charge in [-0.15, -0.1) is 12.4 Å². The van der Waals surface area contributed by atoms with Crippen LogP contribution < -0.4 is 5.32 Å². The summed E-state index contributed by atoms with van der Waals surface area (Å²) < 4.78 is 0. The van der Waals surface area contributed by atoms with E-state index in [-0.39, 0.29) is 18.3 Å². The second kappa shape index (κ2) is 6.63. The first-order chi connectivity index (χ1) is 10.7. The van der Waals surface area contributed by atoms with E-state index >= 15 is 0 Å². The third-order valence-corrected chi connectivity index (χ3v) is 4.66. The fraction of sp³-hybridized carbons (Fsp3) is 0.412. The molecule has 1 N–H and O–H groups in total. The normalized spacial score (nSPS) is 17.9. The van der Waals surface area contributed by atoms with E-state index in [1.54, 1.807) is 0 Å². The Bertz CT molecular complexity index is 740. The van der Waals surface area contributed by atoms with Crippen LogP contribution in [-0.4, -0.2) is 42.0 Å². The van der Waals surface area contributed by atoms with Crippen molar-refractivity contribution in [2.24, 2.45) is 0 Å². The van der Waals surface area contributed by atoms with E-state index in [9.17, 15) is 4.79 Å². The minimum Gasteiger partial charge on any atom is -0.336 e. The van der Waals surface area contributed by atoms with Gasteiger partial charge >= 0.3 is 0 Å². The number of benzene rings is 1. The van der Waals surface area contributed by atoms with Gasteiger partial charge in [0, 0.05) is 48.2 Å². The fourth-order valence-corrected chi connectivity index (χ4v) is 3.19. The number of hydrogen-bond donors (Lipinski definition) is 1. The number of hydrogen-bond acceptors (Lipinski definition) is 3. The molecule has 1 aromatic carbocycles. The van der Waals surface area contributed by atoms with Crippen LogP contribution in [-0.2, 0) is 0 Å². The van der Waals surface area contributed by atoms with E-state index in [1.807, 2.05) is 29.2 Å². The Balaban J connectivity index is 0.00000156. The molecule has 1 aliphatic carbocycles. The van der Waals surface area contributed by atoms with Crippen molar-refractivity contribution in [3.05, 3.63) is 40.5 Å². The molecule has 4 rings (SSSR count). The first-order valence-electron chi connectivity index (χ1n) is 7.82. The molecule has 4 nitrogen and oxygen atoms in total. The number of carbonyl (C=O) groups excluding carboxylic acids is 1. The van der Waals surface area contributed by atoms with Crippen molar-refractivity contribution in [1.82, 2.24) is 15.2 Å². The summed E-state index contributed by atoms with van der Waals surface area (Å²) in [6.45, 7) is 3.21. The third kappa shape index (κ3) is 3.30. The molecule has 0 radical (unpaired) electrons.